The molecule has 3 aromatic carbocycles. The Hall–Kier alpha value is -3.26. The van der Waals surface area contributed by atoms with Gasteiger partial charge in [-0.2, -0.15) is 4.31 Å². The Balaban J connectivity index is 1.64. The van der Waals surface area contributed by atoms with Crippen molar-refractivity contribution in [2.45, 2.75) is 40.9 Å². The van der Waals surface area contributed by atoms with E-state index in [1.54, 1.807) is 36.4 Å². The summed E-state index contributed by atoms with van der Waals surface area (Å²) in [4.78, 5) is 14.2. The molecule has 1 aliphatic heterocycles. The summed E-state index contributed by atoms with van der Waals surface area (Å²) < 4.78 is 67.6. The molecule has 10 nitrogen and oxygen atoms in total. The van der Waals surface area contributed by atoms with E-state index in [9.17, 15) is 21.6 Å². The topological polar surface area (TPSA) is 122 Å². The third kappa shape index (κ3) is 7.20. The Bertz CT molecular complexity index is 1590. The number of hydrogen-bond acceptors (Lipinski definition) is 8. The fourth-order valence-electron chi connectivity index (χ4n) is 4.60. The van der Waals surface area contributed by atoms with Gasteiger partial charge in [0.1, 0.15) is 22.9 Å². The molecule has 1 heterocycles. The third-order valence-corrected chi connectivity index (χ3v) is 11.2. The fourth-order valence-corrected chi connectivity index (χ4v) is 8.12. The van der Waals surface area contributed by atoms with Crippen LogP contribution in [-0.4, -0.2) is 66.7 Å². The van der Waals surface area contributed by atoms with Crippen LogP contribution in [0, 0.1) is 0 Å². The van der Waals surface area contributed by atoms with Gasteiger partial charge in [0.15, 0.2) is 0 Å². The van der Waals surface area contributed by atoms with E-state index in [2.05, 4.69) is 5.32 Å². The van der Waals surface area contributed by atoms with Crippen molar-refractivity contribution >= 4 is 49.1 Å². The molecule has 42 heavy (non-hydrogen) atoms. The minimum absolute atomic E-state index is 0.0290. The van der Waals surface area contributed by atoms with Crippen LogP contribution in [0.2, 0.25) is 0 Å². The summed E-state index contributed by atoms with van der Waals surface area (Å²) in [5.74, 6) is 0.0681. The van der Waals surface area contributed by atoms with Crippen LogP contribution in [0.3, 0.4) is 0 Å². The second kappa shape index (κ2) is 13.8. The minimum atomic E-state index is -4.15. The molecule has 0 aromatic heterocycles. The van der Waals surface area contributed by atoms with Crippen molar-refractivity contribution in [1.82, 2.24) is 4.31 Å². The normalized spacial score (nSPS) is 14.3. The molecule has 1 aliphatic rings. The zero-order valence-electron chi connectivity index (χ0n) is 23.8. The molecule has 0 unspecified atom stereocenters. The van der Waals surface area contributed by atoms with Gasteiger partial charge >= 0.3 is 0 Å². The number of ether oxygens (including phenoxy) is 2. The molecule has 0 aliphatic carbocycles. The number of sulfonamides is 2. The molecule has 0 radical (unpaired) electrons. The molecule has 4 rings (SSSR count). The van der Waals surface area contributed by atoms with E-state index in [1.807, 2.05) is 13.2 Å². The summed E-state index contributed by atoms with van der Waals surface area (Å²) in [7, 11) is -6.63. The number of benzene rings is 3. The second-order valence-electron chi connectivity index (χ2n) is 9.49. The van der Waals surface area contributed by atoms with Gasteiger partial charge in [-0.1, -0.05) is 6.42 Å². The highest BCUT2D eigenvalue weighted by molar-refractivity contribution is 7.98. The average Bonchev–Trinajstić information content (AvgIpc) is 3.01. The van der Waals surface area contributed by atoms with Gasteiger partial charge in [0.2, 0.25) is 15.9 Å². The van der Waals surface area contributed by atoms with Gasteiger partial charge in [0.05, 0.1) is 24.3 Å². The van der Waals surface area contributed by atoms with Gasteiger partial charge in [-0.05, 0) is 92.8 Å². The second-order valence-corrected chi connectivity index (χ2v) is 14.1. The number of anilines is 2. The zero-order valence-corrected chi connectivity index (χ0v) is 26.2. The lowest BCUT2D eigenvalue weighted by Crippen LogP contribution is -2.38. The highest BCUT2D eigenvalue weighted by Gasteiger charge is 2.30. The maximum atomic E-state index is 13.8. The SMILES string of the molecule is CCOc1ccc(N(CC(=O)Nc2ccc(OC)c(S(=O)(=O)N3CCCCC3)c2)S(=O)(=O)c2ccc(SC)cc2)cc1. The van der Waals surface area contributed by atoms with Gasteiger partial charge in [0, 0.05) is 23.7 Å². The Morgan fingerprint density at radius 1 is 0.952 bits per heavy atom. The number of piperidine rings is 1. The van der Waals surface area contributed by atoms with E-state index in [0.29, 0.717) is 25.4 Å². The molecule has 3 aromatic rings. The van der Waals surface area contributed by atoms with Crippen molar-refractivity contribution < 1.29 is 31.1 Å². The van der Waals surface area contributed by atoms with Crippen molar-refractivity contribution in [2.75, 3.05) is 49.2 Å². The van der Waals surface area contributed by atoms with Crippen LogP contribution in [0.25, 0.3) is 0 Å². The largest absolute Gasteiger partial charge is 0.495 e. The number of carbonyl (C=O) groups excluding carboxylic acids is 1. The summed E-state index contributed by atoms with van der Waals surface area (Å²) >= 11 is 1.48. The smallest absolute Gasteiger partial charge is 0.264 e. The van der Waals surface area contributed by atoms with Crippen LogP contribution in [0.4, 0.5) is 11.4 Å². The third-order valence-electron chi connectivity index (χ3n) is 6.75. The Morgan fingerprint density at radius 2 is 1.62 bits per heavy atom. The first-order valence-electron chi connectivity index (χ1n) is 13.5. The molecule has 13 heteroatoms. The van der Waals surface area contributed by atoms with Crippen LogP contribution in [0.5, 0.6) is 11.5 Å². The van der Waals surface area contributed by atoms with Crippen LogP contribution in [0.1, 0.15) is 26.2 Å². The summed E-state index contributed by atoms with van der Waals surface area (Å²) in [5.41, 5.74) is 0.468. The molecule has 1 N–H and O–H groups in total. The minimum Gasteiger partial charge on any atom is -0.495 e. The van der Waals surface area contributed by atoms with Gasteiger partial charge in [0.25, 0.3) is 10.0 Å². The first kappa shape index (κ1) is 31.7. The fraction of sp³-hybridized carbons (Fsp3) is 0.345. The van der Waals surface area contributed by atoms with Crippen molar-refractivity contribution in [3.05, 3.63) is 66.7 Å². The zero-order chi connectivity index (χ0) is 30.3. The van der Waals surface area contributed by atoms with E-state index >= 15 is 0 Å². The quantitative estimate of drug-likeness (QED) is 0.282. The predicted molar refractivity (Wildman–Crippen MR) is 165 cm³/mol. The van der Waals surface area contributed by atoms with Crippen LogP contribution in [-0.2, 0) is 24.8 Å². The number of carbonyl (C=O) groups is 1. The van der Waals surface area contributed by atoms with E-state index < -0.39 is 32.5 Å². The summed E-state index contributed by atoms with van der Waals surface area (Å²) in [6, 6.07) is 17.2. The molecule has 1 fully saturated rings. The summed E-state index contributed by atoms with van der Waals surface area (Å²) in [5, 5.41) is 2.67. The molecule has 0 bridgehead atoms. The maximum Gasteiger partial charge on any atom is 0.264 e. The standard InChI is InChI=1S/C29H35N3O7S3/c1-4-39-24-11-9-23(10-12-24)32(41(34,35)26-15-13-25(40-3)14-16-26)21-29(33)30-22-8-17-27(38-2)28(20-22)42(36,37)31-18-6-5-7-19-31/h8-17,20H,4-7,18-19,21H2,1-3H3,(H,30,33). The molecule has 0 saturated carbocycles. The monoisotopic (exact) mass is 633 g/mol. The van der Waals surface area contributed by atoms with Crippen LogP contribution in [0.15, 0.2) is 81.4 Å². The number of amides is 1. The molecule has 0 atom stereocenters. The predicted octanol–water partition coefficient (Wildman–Crippen LogP) is 4.82. The van der Waals surface area contributed by atoms with Crippen molar-refractivity contribution in [3.8, 4) is 11.5 Å². The Labute approximate surface area is 252 Å². The summed E-state index contributed by atoms with van der Waals surface area (Å²) in [6.45, 7) is 2.56. The van der Waals surface area contributed by atoms with Gasteiger partial charge in [-0.15, -0.1) is 11.8 Å². The molecular formula is C29H35N3O7S3. The molecule has 226 valence electrons. The number of nitrogens with zero attached hydrogens (tertiary/aromatic N) is 2. The van der Waals surface area contributed by atoms with Crippen molar-refractivity contribution in [3.63, 3.8) is 0 Å². The lowest BCUT2D eigenvalue weighted by Gasteiger charge is -2.27. The number of rotatable bonds is 12. The molecular weight excluding hydrogens is 599 g/mol. The Kier molecular flexibility index (Phi) is 10.4. The number of hydrogen-bond donors (Lipinski definition) is 1. The van der Waals surface area contributed by atoms with Gasteiger partial charge < -0.3 is 14.8 Å². The first-order chi connectivity index (χ1) is 20.1. The average molecular weight is 634 g/mol. The van der Waals surface area contributed by atoms with Gasteiger partial charge in [-0.3, -0.25) is 9.10 Å². The van der Waals surface area contributed by atoms with Crippen molar-refractivity contribution in [1.29, 1.82) is 0 Å². The summed E-state index contributed by atoms with van der Waals surface area (Å²) in [6.07, 6.45) is 4.40. The van der Waals surface area contributed by atoms with Crippen molar-refractivity contribution in [2.24, 2.45) is 0 Å². The molecule has 0 spiro atoms. The molecule has 1 amide bonds. The van der Waals surface area contributed by atoms with E-state index in [-0.39, 0.29) is 26.9 Å². The van der Waals surface area contributed by atoms with Gasteiger partial charge in [-0.25, -0.2) is 16.8 Å². The first-order valence-corrected chi connectivity index (χ1v) is 17.6. The maximum absolute atomic E-state index is 13.8. The number of thioether (sulfide) groups is 1. The van der Waals surface area contributed by atoms with E-state index in [4.69, 9.17) is 9.47 Å². The van der Waals surface area contributed by atoms with Crippen LogP contribution < -0.4 is 19.1 Å². The highest BCUT2D eigenvalue weighted by atomic mass is 32.2. The number of nitrogens with one attached hydrogen (secondary N) is 1. The van der Waals surface area contributed by atoms with E-state index in [1.165, 1.54) is 53.5 Å². The number of methoxy groups -OCH3 is 1. The lowest BCUT2D eigenvalue weighted by atomic mass is 10.2. The van der Waals surface area contributed by atoms with Crippen LogP contribution >= 0.6 is 11.8 Å². The molecule has 1 saturated heterocycles. The Morgan fingerprint density at radius 3 is 2.21 bits per heavy atom. The highest BCUT2D eigenvalue weighted by Crippen LogP contribution is 2.32. The lowest BCUT2D eigenvalue weighted by molar-refractivity contribution is -0.114. The van der Waals surface area contributed by atoms with E-state index in [0.717, 1.165) is 28.5 Å².